The van der Waals surface area contributed by atoms with Crippen molar-refractivity contribution in [1.82, 2.24) is 0 Å². The lowest BCUT2D eigenvalue weighted by atomic mass is 9.92. The molecule has 28 heavy (non-hydrogen) atoms. The third-order valence-corrected chi connectivity index (χ3v) is 5.60. The second-order valence-corrected chi connectivity index (χ2v) is 7.60. The fourth-order valence-electron chi connectivity index (χ4n) is 3.57. The predicted molar refractivity (Wildman–Crippen MR) is 113 cm³/mol. The van der Waals surface area contributed by atoms with Gasteiger partial charge in [-0.1, -0.05) is 12.1 Å². The van der Waals surface area contributed by atoms with E-state index in [-0.39, 0.29) is 11.6 Å². The van der Waals surface area contributed by atoms with Gasteiger partial charge in [0.1, 0.15) is 5.75 Å². The maximum Gasteiger partial charge on any atom is 0.165 e. The zero-order valence-corrected chi connectivity index (χ0v) is 16.4. The van der Waals surface area contributed by atoms with Gasteiger partial charge in [-0.15, -0.1) is 0 Å². The molecule has 1 unspecified atom stereocenters. The van der Waals surface area contributed by atoms with Crippen molar-refractivity contribution in [2.75, 3.05) is 11.9 Å². The van der Waals surface area contributed by atoms with E-state index in [4.69, 9.17) is 10.5 Å². The summed E-state index contributed by atoms with van der Waals surface area (Å²) in [5.41, 5.74) is 9.77. The molecule has 4 rings (SSSR count). The minimum atomic E-state index is -0.381. The topological polar surface area (TPSA) is 50.9 Å². The molecule has 1 saturated carbocycles. The first-order valence-corrected chi connectivity index (χ1v) is 9.85. The Labute approximate surface area is 165 Å². The van der Waals surface area contributed by atoms with Gasteiger partial charge < -0.3 is 15.4 Å². The van der Waals surface area contributed by atoms with Crippen LogP contribution in [0.5, 0.6) is 11.5 Å². The summed E-state index contributed by atoms with van der Waals surface area (Å²) < 4.78 is 20.5. The van der Waals surface area contributed by atoms with Gasteiger partial charge in [-0.3, -0.25) is 4.99 Å². The summed E-state index contributed by atoms with van der Waals surface area (Å²) in [4.78, 5) is 6.83. The summed E-state index contributed by atoms with van der Waals surface area (Å²) in [6, 6.07) is 11.4. The molecule has 146 valence electrons. The van der Waals surface area contributed by atoms with E-state index in [0.717, 1.165) is 48.1 Å². The molecular formula is C23H26FN3O. The van der Waals surface area contributed by atoms with Crippen molar-refractivity contribution in [1.29, 1.82) is 0 Å². The van der Waals surface area contributed by atoms with Crippen molar-refractivity contribution in [3.8, 4) is 11.5 Å². The Morgan fingerprint density at radius 2 is 2.00 bits per heavy atom. The summed E-state index contributed by atoms with van der Waals surface area (Å²) in [7, 11) is 2.09. The lowest BCUT2D eigenvalue weighted by molar-refractivity contribution is 0.433. The van der Waals surface area contributed by atoms with Crippen LogP contribution in [0.3, 0.4) is 0 Å². The highest BCUT2D eigenvalue weighted by Crippen LogP contribution is 2.42. The van der Waals surface area contributed by atoms with Crippen molar-refractivity contribution >= 4 is 17.5 Å². The predicted octanol–water partition coefficient (Wildman–Crippen LogP) is 4.92. The number of para-hydroxylation sites is 1. The molecule has 5 heteroatoms. The highest BCUT2D eigenvalue weighted by atomic mass is 19.1. The average molecular weight is 379 g/mol. The molecule has 1 aliphatic heterocycles. The summed E-state index contributed by atoms with van der Waals surface area (Å²) >= 11 is 0. The van der Waals surface area contributed by atoms with Crippen LogP contribution in [0.4, 0.5) is 10.1 Å². The number of fused-ring (bicyclic) bond motifs is 1. The number of hydrogen-bond acceptors (Lipinski definition) is 4. The van der Waals surface area contributed by atoms with E-state index >= 15 is 0 Å². The monoisotopic (exact) mass is 379 g/mol. The van der Waals surface area contributed by atoms with Gasteiger partial charge in [0.05, 0.1) is 6.04 Å². The molecular weight excluding hydrogens is 353 g/mol. The van der Waals surface area contributed by atoms with E-state index in [9.17, 15) is 4.39 Å². The maximum absolute atomic E-state index is 14.3. The van der Waals surface area contributed by atoms with Crippen LogP contribution < -0.4 is 15.4 Å². The molecule has 0 saturated heterocycles. The van der Waals surface area contributed by atoms with Crippen LogP contribution in [-0.2, 0) is 6.42 Å². The van der Waals surface area contributed by atoms with Crippen LogP contribution in [0, 0.1) is 5.82 Å². The van der Waals surface area contributed by atoms with Crippen LogP contribution >= 0.6 is 0 Å². The van der Waals surface area contributed by atoms with Crippen LogP contribution in [0.15, 0.2) is 47.6 Å². The van der Waals surface area contributed by atoms with Crippen molar-refractivity contribution in [3.05, 3.63) is 59.5 Å². The first kappa shape index (κ1) is 18.5. The smallest absolute Gasteiger partial charge is 0.165 e. The molecule has 1 aliphatic carbocycles. The van der Waals surface area contributed by atoms with Crippen LogP contribution in [0.1, 0.15) is 37.3 Å². The first-order valence-electron chi connectivity index (χ1n) is 9.85. The molecule has 0 amide bonds. The van der Waals surface area contributed by atoms with Gasteiger partial charge in [-0.05, 0) is 56.9 Å². The third-order valence-electron chi connectivity index (χ3n) is 5.60. The molecule has 4 nitrogen and oxygen atoms in total. The molecule has 0 bridgehead atoms. The fraction of sp³-hybridized carbons (Fsp3) is 0.348. The molecule has 1 fully saturated rings. The Kier molecular flexibility index (Phi) is 5.07. The number of halogens is 1. The van der Waals surface area contributed by atoms with E-state index in [1.54, 1.807) is 24.4 Å². The number of benzene rings is 2. The molecule has 1 heterocycles. The normalized spacial score (nSPS) is 19.8. The van der Waals surface area contributed by atoms with Gasteiger partial charge in [-0.2, -0.15) is 0 Å². The highest BCUT2D eigenvalue weighted by Gasteiger charge is 2.26. The van der Waals surface area contributed by atoms with Crippen LogP contribution in [0.25, 0.3) is 5.57 Å². The van der Waals surface area contributed by atoms with E-state index in [0.29, 0.717) is 17.8 Å². The van der Waals surface area contributed by atoms with E-state index < -0.39 is 0 Å². The average Bonchev–Trinajstić information content (AvgIpc) is 3.52. The van der Waals surface area contributed by atoms with E-state index in [2.05, 4.69) is 29.9 Å². The van der Waals surface area contributed by atoms with Crippen molar-refractivity contribution < 1.29 is 9.13 Å². The van der Waals surface area contributed by atoms with E-state index in [1.807, 2.05) is 12.3 Å². The van der Waals surface area contributed by atoms with Gasteiger partial charge in [0, 0.05) is 47.9 Å². The van der Waals surface area contributed by atoms with Crippen LogP contribution in [-0.4, -0.2) is 25.3 Å². The summed E-state index contributed by atoms with van der Waals surface area (Å²) in [5, 5.41) is 0. The lowest BCUT2D eigenvalue weighted by Gasteiger charge is -2.35. The van der Waals surface area contributed by atoms with Crippen molar-refractivity contribution in [3.63, 3.8) is 0 Å². The maximum atomic E-state index is 14.3. The Morgan fingerprint density at radius 1 is 1.21 bits per heavy atom. The number of nitrogens with zero attached hydrogens (tertiary/aromatic N) is 2. The Hall–Kier alpha value is -2.82. The third kappa shape index (κ3) is 3.61. The standard InChI is InChI=1S/C23H26FN3O/c1-15-7-10-19-21(27(15)2)12-11-18(16(13-25)14-26-17-8-9-17)23(19)28-22-6-4-3-5-20(22)24/h3-6,11-15,17H,7-10,25H2,1-2H3. The minimum Gasteiger partial charge on any atom is -0.453 e. The number of rotatable bonds is 5. The quantitative estimate of drug-likeness (QED) is 0.750. The number of hydrogen-bond donors (Lipinski definition) is 1. The molecule has 2 aromatic rings. The molecule has 0 aromatic heterocycles. The summed E-state index contributed by atoms with van der Waals surface area (Å²) in [6.45, 7) is 2.21. The number of aliphatic imine (C=N–C) groups is 1. The van der Waals surface area contributed by atoms with Gasteiger partial charge in [0.15, 0.2) is 11.6 Å². The zero-order chi connectivity index (χ0) is 19.7. The van der Waals surface area contributed by atoms with Gasteiger partial charge in [0.2, 0.25) is 0 Å². The number of nitrogens with two attached hydrogens (primary N) is 1. The van der Waals surface area contributed by atoms with Gasteiger partial charge in [-0.25, -0.2) is 4.39 Å². The van der Waals surface area contributed by atoms with Gasteiger partial charge in [0.25, 0.3) is 0 Å². The summed E-state index contributed by atoms with van der Waals surface area (Å²) in [5.74, 6) is 0.503. The molecule has 1 atom stereocenters. The Balaban J connectivity index is 1.82. The zero-order valence-electron chi connectivity index (χ0n) is 16.4. The number of anilines is 1. The van der Waals surface area contributed by atoms with Gasteiger partial charge >= 0.3 is 0 Å². The molecule has 2 aliphatic rings. The number of allylic oxidation sites excluding steroid dienone is 1. The molecule has 2 aromatic carbocycles. The Bertz CT molecular complexity index is 933. The summed E-state index contributed by atoms with van der Waals surface area (Å²) in [6.07, 6.45) is 7.51. The Morgan fingerprint density at radius 3 is 2.71 bits per heavy atom. The lowest BCUT2D eigenvalue weighted by Crippen LogP contribution is -2.33. The van der Waals surface area contributed by atoms with E-state index in [1.165, 1.54) is 6.07 Å². The second kappa shape index (κ2) is 7.66. The van der Waals surface area contributed by atoms with Crippen molar-refractivity contribution in [2.24, 2.45) is 10.7 Å². The van der Waals surface area contributed by atoms with Crippen LogP contribution in [0.2, 0.25) is 0 Å². The molecule has 2 N–H and O–H groups in total. The minimum absolute atomic E-state index is 0.217. The molecule has 0 spiro atoms. The second-order valence-electron chi connectivity index (χ2n) is 7.60. The largest absolute Gasteiger partial charge is 0.453 e. The molecule has 0 radical (unpaired) electrons. The fourth-order valence-corrected chi connectivity index (χ4v) is 3.57. The number of ether oxygens (including phenoxy) is 1. The highest BCUT2D eigenvalue weighted by molar-refractivity contribution is 6.11. The first-order chi connectivity index (χ1) is 13.6. The van der Waals surface area contributed by atoms with Crippen molar-refractivity contribution in [2.45, 2.75) is 44.7 Å². The SMILES string of the molecule is CC1CCc2c(ccc(C(C=NC3CC3)=CN)c2Oc2ccccc2F)N1C.